The number of carbonyl (C=O) groups is 2. The van der Waals surface area contributed by atoms with Gasteiger partial charge < -0.3 is 14.9 Å². The predicted octanol–water partition coefficient (Wildman–Crippen LogP) is 1.12. The van der Waals surface area contributed by atoms with Gasteiger partial charge in [-0.1, -0.05) is 0 Å². The summed E-state index contributed by atoms with van der Waals surface area (Å²) >= 11 is 0. The van der Waals surface area contributed by atoms with Gasteiger partial charge >= 0.3 is 11.9 Å². The molecule has 0 radical (unpaired) electrons. The molecule has 86 valence electrons. The van der Waals surface area contributed by atoms with E-state index >= 15 is 0 Å². The summed E-state index contributed by atoms with van der Waals surface area (Å²) in [7, 11) is 0. The summed E-state index contributed by atoms with van der Waals surface area (Å²) in [5.74, 6) is -2.03. The molecule has 1 rings (SSSR count). The lowest BCUT2D eigenvalue weighted by atomic mass is 9.87. The minimum absolute atomic E-state index is 0.105. The third kappa shape index (κ3) is 3.51. The van der Waals surface area contributed by atoms with Crippen LogP contribution >= 0.6 is 0 Å². The number of hydrogen-bond acceptors (Lipinski definition) is 3. The van der Waals surface area contributed by atoms with Crippen LogP contribution in [-0.4, -0.2) is 34.4 Å². The third-order valence-electron chi connectivity index (χ3n) is 2.77. The second-order valence-electron chi connectivity index (χ2n) is 3.93. The van der Waals surface area contributed by atoms with Crippen LogP contribution in [0.15, 0.2) is 0 Å². The van der Waals surface area contributed by atoms with Crippen LogP contribution in [-0.2, 0) is 14.3 Å². The standard InChI is InChI=1S/C10H16O5/c1-6(9(11)12)15-8-4-2-7(3-5-8)10(13)14/h6-8H,2-5H2,1H3,(H,11,12)(H,13,14). The lowest BCUT2D eigenvalue weighted by Crippen LogP contribution is -2.31. The Bertz CT molecular complexity index is 242. The lowest BCUT2D eigenvalue weighted by molar-refractivity contribution is -0.156. The van der Waals surface area contributed by atoms with Crippen LogP contribution in [0.25, 0.3) is 0 Å². The number of aliphatic carboxylic acids is 2. The van der Waals surface area contributed by atoms with Crippen molar-refractivity contribution in [1.29, 1.82) is 0 Å². The lowest BCUT2D eigenvalue weighted by Gasteiger charge is -2.27. The molecule has 0 heterocycles. The second-order valence-corrected chi connectivity index (χ2v) is 3.93. The highest BCUT2D eigenvalue weighted by Crippen LogP contribution is 2.27. The fraction of sp³-hybridized carbons (Fsp3) is 0.800. The zero-order chi connectivity index (χ0) is 11.4. The molecular formula is C10H16O5. The average Bonchev–Trinajstić information content (AvgIpc) is 2.18. The molecule has 0 spiro atoms. The first-order chi connectivity index (χ1) is 7.00. The molecular weight excluding hydrogens is 200 g/mol. The maximum atomic E-state index is 10.7. The van der Waals surface area contributed by atoms with Gasteiger partial charge in [0.25, 0.3) is 0 Å². The number of carboxylic acids is 2. The molecule has 1 aliphatic rings. The molecule has 0 aromatic rings. The van der Waals surface area contributed by atoms with E-state index in [2.05, 4.69) is 0 Å². The van der Waals surface area contributed by atoms with E-state index in [1.54, 1.807) is 0 Å². The van der Waals surface area contributed by atoms with Crippen LogP contribution in [0.5, 0.6) is 0 Å². The van der Waals surface area contributed by atoms with Crippen LogP contribution in [0, 0.1) is 5.92 Å². The second kappa shape index (κ2) is 5.11. The van der Waals surface area contributed by atoms with Gasteiger partial charge in [-0.15, -0.1) is 0 Å². The smallest absolute Gasteiger partial charge is 0.332 e. The number of hydrogen-bond donors (Lipinski definition) is 2. The van der Waals surface area contributed by atoms with Crippen molar-refractivity contribution in [2.75, 3.05) is 0 Å². The van der Waals surface area contributed by atoms with Gasteiger partial charge in [0.1, 0.15) is 0 Å². The summed E-state index contributed by atoms with van der Waals surface area (Å²) in [6.07, 6.45) is 1.50. The molecule has 1 fully saturated rings. The maximum Gasteiger partial charge on any atom is 0.332 e. The zero-order valence-electron chi connectivity index (χ0n) is 8.68. The largest absolute Gasteiger partial charge is 0.481 e. The maximum absolute atomic E-state index is 10.7. The highest BCUT2D eigenvalue weighted by molar-refractivity contribution is 5.71. The van der Waals surface area contributed by atoms with Gasteiger partial charge in [0.05, 0.1) is 12.0 Å². The van der Waals surface area contributed by atoms with Crippen LogP contribution in [0.1, 0.15) is 32.6 Å². The van der Waals surface area contributed by atoms with E-state index in [1.165, 1.54) is 6.92 Å². The molecule has 0 aromatic heterocycles. The van der Waals surface area contributed by atoms with Gasteiger partial charge in [-0.25, -0.2) is 4.79 Å². The number of rotatable bonds is 4. The Kier molecular flexibility index (Phi) is 4.08. The van der Waals surface area contributed by atoms with E-state index in [4.69, 9.17) is 14.9 Å². The SMILES string of the molecule is CC(OC1CCC(C(=O)O)CC1)C(=O)O. The van der Waals surface area contributed by atoms with E-state index in [0.717, 1.165) is 0 Å². The predicted molar refractivity (Wildman–Crippen MR) is 51.6 cm³/mol. The molecule has 5 heteroatoms. The van der Waals surface area contributed by atoms with Crippen LogP contribution in [0.3, 0.4) is 0 Å². The van der Waals surface area contributed by atoms with E-state index in [9.17, 15) is 9.59 Å². The average molecular weight is 216 g/mol. The molecule has 0 aliphatic heterocycles. The zero-order valence-corrected chi connectivity index (χ0v) is 8.68. The fourth-order valence-corrected chi connectivity index (χ4v) is 1.79. The topological polar surface area (TPSA) is 83.8 Å². The molecule has 1 atom stereocenters. The summed E-state index contributed by atoms with van der Waals surface area (Å²) in [4.78, 5) is 21.2. The summed E-state index contributed by atoms with van der Waals surface area (Å²) in [6.45, 7) is 1.49. The summed E-state index contributed by atoms with van der Waals surface area (Å²) < 4.78 is 5.29. The Balaban J connectivity index is 2.31. The molecule has 15 heavy (non-hydrogen) atoms. The first-order valence-corrected chi connectivity index (χ1v) is 5.11. The first-order valence-electron chi connectivity index (χ1n) is 5.11. The summed E-state index contributed by atoms with van der Waals surface area (Å²) in [5.41, 5.74) is 0. The first kappa shape index (κ1) is 12.0. The Hall–Kier alpha value is -1.10. The van der Waals surface area contributed by atoms with E-state index in [1.807, 2.05) is 0 Å². The van der Waals surface area contributed by atoms with Crippen molar-refractivity contribution in [1.82, 2.24) is 0 Å². The van der Waals surface area contributed by atoms with Gasteiger partial charge in [0, 0.05) is 0 Å². The van der Waals surface area contributed by atoms with E-state index in [-0.39, 0.29) is 12.0 Å². The van der Waals surface area contributed by atoms with Crippen LogP contribution in [0.2, 0.25) is 0 Å². The van der Waals surface area contributed by atoms with Crippen LogP contribution in [0.4, 0.5) is 0 Å². The minimum atomic E-state index is -0.977. The van der Waals surface area contributed by atoms with Crippen molar-refractivity contribution in [2.45, 2.75) is 44.8 Å². The van der Waals surface area contributed by atoms with Crippen molar-refractivity contribution < 1.29 is 24.5 Å². The monoisotopic (exact) mass is 216 g/mol. The summed E-state index contributed by atoms with van der Waals surface area (Å²) in [6, 6.07) is 0. The van der Waals surface area contributed by atoms with Gasteiger partial charge in [-0.05, 0) is 32.6 Å². The molecule has 1 aliphatic carbocycles. The molecule has 0 bridgehead atoms. The Morgan fingerprint density at radius 2 is 1.73 bits per heavy atom. The molecule has 0 saturated heterocycles. The van der Waals surface area contributed by atoms with E-state index < -0.39 is 18.0 Å². The van der Waals surface area contributed by atoms with Gasteiger partial charge in [-0.3, -0.25) is 4.79 Å². The van der Waals surface area contributed by atoms with Gasteiger partial charge in [0.2, 0.25) is 0 Å². The molecule has 1 unspecified atom stereocenters. The normalized spacial score (nSPS) is 28.3. The molecule has 5 nitrogen and oxygen atoms in total. The van der Waals surface area contributed by atoms with Gasteiger partial charge in [-0.2, -0.15) is 0 Å². The fourth-order valence-electron chi connectivity index (χ4n) is 1.79. The van der Waals surface area contributed by atoms with Gasteiger partial charge in [0.15, 0.2) is 6.10 Å². The Morgan fingerprint density at radius 3 is 2.13 bits per heavy atom. The summed E-state index contributed by atoms with van der Waals surface area (Å²) in [5, 5.41) is 17.4. The highest BCUT2D eigenvalue weighted by Gasteiger charge is 2.28. The van der Waals surface area contributed by atoms with Crippen molar-refractivity contribution in [3.05, 3.63) is 0 Å². The van der Waals surface area contributed by atoms with Crippen molar-refractivity contribution >= 4 is 11.9 Å². The molecule has 0 amide bonds. The number of carboxylic acid groups (broad SMARTS) is 2. The van der Waals surface area contributed by atoms with E-state index in [0.29, 0.717) is 25.7 Å². The Labute approximate surface area is 88.0 Å². The third-order valence-corrected chi connectivity index (χ3v) is 2.77. The van der Waals surface area contributed by atoms with Crippen molar-refractivity contribution in [3.63, 3.8) is 0 Å². The molecule has 0 aromatic carbocycles. The molecule has 2 N–H and O–H groups in total. The Morgan fingerprint density at radius 1 is 1.20 bits per heavy atom. The van der Waals surface area contributed by atoms with Crippen molar-refractivity contribution in [2.24, 2.45) is 5.92 Å². The molecule has 1 saturated carbocycles. The van der Waals surface area contributed by atoms with Crippen LogP contribution < -0.4 is 0 Å². The van der Waals surface area contributed by atoms with Crippen molar-refractivity contribution in [3.8, 4) is 0 Å². The highest BCUT2D eigenvalue weighted by atomic mass is 16.5. The number of ether oxygens (including phenoxy) is 1. The minimum Gasteiger partial charge on any atom is -0.481 e. The quantitative estimate of drug-likeness (QED) is 0.735.